The van der Waals surface area contributed by atoms with E-state index in [4.69, 9.17) is 8.83 Å². The fraction of sp³-hybridized carbons (Fsp3) is 0.133. The van der Waals surface area contributed by atoms with E-state index in [-0.39, 0.29) is 6.04 Å². The predicted octanol–water partition coefficient (Wildman–Crippen LogP) is 4.87. The summed E-state index contributed by atoms with van der Waals surface area (Å²) in [5.74, 6) is 1.65. The minimum Gasteiger partial charge on any atom is -0.452 e. The summed E-state index contributed by atoms with van der Waals surface area (Å²) < 4.78 is 11.5. The summed E-state index contributed by atoms with van der Waals surface area (Å²) in [5, 5.41) is 3.38. The molecule has 0 aliphatic heterocycles. The minimum absolute atomic E-state index is 0.0948. The molecular weight excluding hydrogens is 320 g/mol. The van der Waals surface area contributed by atoms with E-state index in [1.54, 1.807) is 6.20 Å². The Morgan fingerprint density at radius 1 is 1.15 bits per heavy atom. The van der Waals surface area contributed by atoms with E-state index < -0.39 is 0 Å². The van der Waals surface area contributed by atoms with Crippen LogP contribution in [0.1, 0.15) is 18.7 Å². The van der Waals surface area contributed by atoms with Crippen molar-refractivity contribution < 1.29 is 8.83 Å². The van der Waals surface area contributed by atoms with Crippen molar-refractivity contribution in [1.29, 1.82) is 0 Å². The molecule has 0 fully saturated rings. The lowest BCUT2D eigenvalue weighted by atomic mass is 10.1. The van der Waals surface area contributed by atoms with Crippen LogP contribution in [0.15, 0.2) is 62.5 Å². The van der Waals surface area contributed by atoms with Gasteiger partial charge in [0.15, 0.2) is 16.8 Å². The van der Waals surface area contributed by atoms with Crippen LogP contribution in [0.3, 0.4) is 0 Å². The molecule has 0 amide bonds. The summed E-state index contributed by atoms with van der Waals surface area (Å²) >= 11 is 3.31. The molecule has 0 bridgehead atoms. The molecule has 1 aromatic carbocycles. The van der Waals surface area contributed by atoms with Gasteiger partial charge >= 0.3 is 0 Å². The van der Waals surface area contributed by atoms with Crippen molar-refractivity contribution in [2.75, 3.05) is 5.32 Å². The van der Waals surface area contributed by atoms with Gasteiger partial charge in [0.1, 0.15) is 5.76 Å². The van der Waals surface area contributed by atoms with E-state index in [1.165, 1.54) is 6.39 Å². The summed E-state index contributed by atoms with van der Waals surface area (Å²) in [6.45, 7) is 2.05. The summed E-state index contributed by atoms with van der Waals surface area (Å²) in [7, 11) is 0. The maximum absolute atomic E-state index is 5.53. The largest absolute Gasteiger partial charge is 0.452 e. The fourth-order valence-corrected chi connectivity index (χ4v) is 2.29. The first-order valence-electron chi connectivity index (χ1n) is 6.23. The fourth-order valence-electron chi connectivity index (χ4n) is 1.97. The third-order valence-corrected chi connectivity index (χ3v) is 3.43. The van der Waals surface area contributed by atoms with Crippen LogP contribution in [0.2, 0.25) is 0 Å². The maximum atomic E-state index is 5.53. The third-order valence-electron chi connectivity index (χ3n) is 3.01. The SMILES string of the molecule is CC(Nc1ccc(-c2cnco2)cc1)c1ccc(Br)o1. The van der Waals surface area contributed by atoms with Gasteiger partial charge < -0.3 is 14.2 Å². The van der Waals surface area contributed by atoms with Gasteiger partial charge in [0.25, 0.3) is 0 Å². The van der Waals surface area contributed by atoms with Gasteiger partial charge in [-0.25, -0.2) is 4.98 Å². The second-order valence-corrected chi connectivity index (χ2v) is 5.23. The molecule has 1 atom stereocenters. The molecule has 1 unspecified atom stereocenters. The average Bonchev–Trinajstić information content (AvgIpc) is 3.10. The lowest BCUT2D eigenvalue weighted by Gasteiger charge is -2.13. The quantitative estimate of drug-likeness (QED) is 0.740. The lowest BCUT2D eigenvalue weighted by Crippen LogP contribution is -2.05. The van der Waals surface area contributed by atoms with Crippen LogP contribution in [0, 0.1) is 0 Å². The highest BCUT2D eigenvalue weighted by molar-refractivity contribution is 9.10. The van der Waals surface area contributed by atoms with E-state index in [0.29, 0.717) is 0 Å². The van der Waals surface area contributed by atoms with Crippen molar-refractivity contribution in [3.63, 3.8) is 0 Å². The molecule has 0 radical (unpaired) electrons. The molecule has 20 heavy (non-hydrogen) atoms. The van der Waals surface area contributed by atoms with Gasteiger partial charge in [-0.05, 0) is 59.3 Å². The maximum Gasteiger partial charge on any atom is 0.181 e. The lowest BCUT2D eigenvalue weighted by molar-refractivity contribution is 0.471. The van der Waals surface area contributed by atoms with E-state index in [0.717, 1.165) is 27.4 Å². The van der Waals surface area contributed by atoms with Crippen molar-refractivity contribution >= 4 is 21.6 Å². The summed E-state index contributed by atoms with van der Waals surface area (Å²) in [4.78, 5) is 3.91. The molecule has 0 aliphatic carbocycles. The molecule has 2 heterocycles. The van der Waals surface area contributed by atoms with Crippen LogP contribution < -0.4 is 5.32 Å². The molecular formula is C15H13BrN2O2. The molecule has 5 heteroatoms. The number of hydrogen-bond donors (Lipinski definition) is 1. The number of benzene rings is 1. The van der Waals surface area contributed by atoms with Crippen LogP contribution >= 0.6 is 15.9 Å². The Labute approximate surface area is 125 Å². The van der Waals surface area contributed by atoms with Crippen LogP contribution in [0.4, 0.5) is 5.69 Å². The number of nitrogens with one attached hydrogen (secondary N) is 1. The van der Waals surface area contributed by atoms with Crippen LogP contribution in [-0.2, 0) is 0 Å². The highest BCUT2D eigenvalue weighted by Crippen LogP contribution is 2.25. The number of furan rings is 1. The van der Waals surface area contributed by atoms with Gasteiger partial charge in [-0.1, -0.05) is 0 Å². The zero-order valence-electron chi connectivity index (χ0n) is 10.8. The second kappa shape index (κ2) is 5.54. The second-order valence-electron chi connectivity index (χ2n) is 4.45. The number of oxazole rings is 1. The molecule has 102 valence electrons. The van der Waals surface area contributed by atoms with E-state index in [9.17, 15) is 0 Å². The normalized spacial score (nSPS) is 12.3. The number of anilines is 1. The molecule has 0 saturated heterocycles. The minimum atomic E-state index is 0.0948. The van der Waals surface area contributed by atoms with Crippen LogP contribution in [0.25, 0.3) is 11.3 Å². The molecule has 0 saturated carbocycles. The van der Waals surface area contributed by atoms with E-state index in [2.05, 4.69) is 33.2 Å². The Morgan fingerprint density at radius 2 is 1.95 bits per heavy atom. The Morgan fingerprint density at radius 3 is 2.55 bits per heavy atom. The molecule has 0 aliphatic rings. The van der Waals surface area contributed by atoms with Crippen molar-refractivity contribution in [2.24, 2.45) is 0 Å². The van der Waals surface area contributed by atoms with Crippen molar-refractivity contribution in [3.8, 4) is 11.3 Å². The summed E-state index contributed by atoms with van der Waals surface area (Å²) in [6.07, 6.45) is 3.13. The Kier molecular flexibility index (Phi) is 3.60. The number of aromatic nitrogens is 1. The number of nitrogens with zero attached hydrogens (tertiary/aromatic N) is 1. The smallest absolute Gasteiger partial charge is 0.181 e. The third kappa shape index (κ3) is 2.77. The van der Waals surface area contributed by atoms with Gasteiger partial charge in [-0.3, -0.25) is 0 Å². The van der Waals surface area contributed by atoms with Gasteiger partial charge in [-0.2, -0.15) is 0 Å². The van der Waals surface area contributed by atoms with E-state index >= 15 is 0 Å². The monoisotopic (exact) mass is 332 g/mol. The first-order chi connectivity index (χ1) is 9.72. The summed E-state index contributed by atoms with van der Waals surface area (Å²) in [6, 6.07) is 11.9. The molecule has 1 N–H and O–H groups in total. The molecule has 0 spiro atoms. The predicted molar refractivity (Wildman–Crippen MR) is 80.4 cm³/mol. The zero-order chi connectivity index (χ0) is 13.9. The molecule has 2 aromatic heterocycles. The Bertz CT molecular complexity index is 674. The first kappa shape index (κ1) is 13.0. The highest BCUT2D eigenvalue weighted by atomic mass is 79.9. The van der Waals surface area contributed by atoms with Crippen molar-refractivity contribution in [1.82, 2.24) is 4.98 Å². The number of rotatable bonds is 4. The molecule has 4 nitrogen and oxygen atoms in total. The van der Waals surface area contributed by atoms with Gasteiger partial charge in [0.05, 0.1) is 12.2 Å². The zero-order valence-corrected chi connectivity index (χ0v) is 12.4. The van der Waals surface area contributed by atoms with Crippen molar-refractivity contribution in [3.05, 3.63) is 59.4 Å². The highest BCUT2D eigenvalue weighted by Gasteiger charge is 2.10. The van der Waals surface area contributed by atoms with Gasteiger partial charge in [0.2, 0.25) is 0 Å². The van der Waals surface area contributed by atoms with Crippen LogP contribution in [0.5, 0.6) is 0 Å². The van der Waals surface area contributed by atoms with Gasteiger partial charge in [-0.15, -0.1) is 0 Å². The molecule has 3 aromatic rings. The molecule has 3 rings (SSSR count). The number of hydrogen-bond acceptors (Lipinski definition) is 4. The van der Waals surface area contributed by atoms with E-state index in [1.807, 2.05) is 36.4 Å². The van der Waals surface area contributed by atoms with Gasteiger partial charge in [0, 0.05) is 11.3 Å². The average molecular weight is 333 g/mol. The number of halogens is 1. The first-order valence-corrected chi connectivity index (χ1v) is 7.02. The Balaban J connectivity index is 1.72. The Hall–Kier alpha value is -2.01. The van der Waals surface area contributed by atoms with Crippen LogP contribution in [-0.4, -0.2) is 4.98 Å². The van der Waals surface area contributed by atoms with Crippen molar-refractivity contribution in [2.45, 2.75) is 13.0 Å². The summed E-state index contributed by atoms with van der Waals surface area (Å²) in [5.41, 5.74) is 2.02. The standard InChI is InChI=1S/C15H13BrN2O2/c1-10(13-6-7-15(16)20-13)18-12-4-2-11(3-5-12)14-8-17-9-19-14/h2-10,18H,1H3. The topological polar surface area (TPSA) is 51.2 Å².